The van der Waals surface area contributed by atoms with E-state index in [1.807, 2.05) is 62.4 Å². The maximum absolute atomic E-state index is 13.8. The minimum atomic E-state index is -0.835. The largest absolute Gasteiger partial charge is 0.491 e. The first-order valence-electron chi connectivity index (χ1n) is 12.7. The number of aliphatic hydroxyl groups is 1. The van der Waals surface area contributed by atoms with Gasteiger partial charge in [-0.3, -0.25) is 9.69 Å². The molecule has 200 valence electrons. The van der Waals surface area contributed by atoms with E-state index >= 15 is 0 Å². The van der Waals surface area contributed by atoms with E-state index in [1.54, 1.807) is 30.5 Å². The molecule has 1 aromatic heterocycles. The van der Waals surface area contributed by atoms with Gasteiger partial charge in [0.1, 0.15) is 30.3 Å². The van der Waals surface area contributed by atoms with Crippen LogP contribution in [0.2, 0.25) is 0 Å². The maximum atomic E-state index is 13.8. The Morgan fingerprint density at radius 2 is 1.82 bits per heavy atom. The third-order valence-electron chi connectivity index (χ3n) is 6.98. The lowest BCUT2D eigenvalue weighted by Crippen LogP contribution is -2.38. The van der Waals surface area contributed by atoms with Gasteiger partial charge in [-0.25, -0.2) is 9.78 Å². The van der Waals surface area contributed by atoms with E-state index in [2.05, 4.69) is 31.2 Å². The minimum Gasteiger partial charge on any atom is -0.491 e. The van der Waals surface area contributed by atoms with Crippen LogP contribution in [0.25, 0.3) is 11.3 Å². The third-order valence-corrected chi connectivity index (χ3v) is 7.47. The van der Waals surface area contributed by atoms with Crippen LogP contribution in [-0.4, -0.2) is 45.1 Å². The molecule has 3 amide bonds. The quantitative estimate of drug-likeness (QED) is 0.219. The van der Waals surface area contributed by atoms with Crippen molar-refractivity contribution in [3.63, 3.8) is 0 Å². The number of urea groups is 1. The number of benzene rings is 3. The zero-order valence-electron chi connectivity index (χ0n) is 21.6. The van der Waals surface area contributed by atoms with Crippen LogP contribution in [0.15, 0.2) is 83.5 Å². The molecule has 1 saturated heterocycles. The molecule has 0 unspecified atom stereocenters. The summed E-state index contributed by atoms with van der Waals surface area (Å²) in [6.45, 7) is 4.10. The zero-order chi connectivity index (χ0) is 27.5. The van der Waals surface area contributed by atoms with Crippen molar-refractivity contribution < 1.29 is 19.4 Å². The monoisotopic (exact) mass is 588 g/mol. The molecule has 1 aliphatic rings. The summed E-state index contributed by atoms with van der Waals surface area (Å²) in [4.78, 5) is 36.6. The zero-order valence-corrected chi connectivity index (χ0v) is 23.2. The molecule has 3 aromatic carbocycles. The Morgan fingerprint density at radius 3 is 2.51 bits per heavy atom. The van der Waals surface area contributed by atoms with Gasteiger partial charge in [0.25, 0.3) is 5.91 Å². The fraction of sp³-hybridized carbons (Fsp3) is 0.233. The fourth-order valence-corrected chi connectivity index (χ4v) is 5.45. The van der Waals surface area contributed by atoms with Gasteiger partial charge in [0.15, 0.2) is 0 Å². The topological polar surface area (TPSA) is 108 Å². The van der Waals surface area contributed by atoms with E-state index in [9.17, 15) is 9.59 Å². The van der Waals surface area contributed by atoms with Crippen molar-refractivity contribution in [3.8, 4) is 17.0 Å². The van der Waals surface area contributed by atoms with Crippen molar-refractivity contribution in [1.82, 2.24) is 20.2 Å². The Labute approximate surface area is 235 Å². The first-order chi connectivity index (χ1) is 18.9. The SMILES string of the molecule is Cc1cc(Br)ccc1-c1cnc([C@H]([C@@H](C)c2ccccc2)N2C(=O)N[C@H](c3ccc(OCCO)cc3)C2=O)[nH]1. The molecule has 9 heteroatoms. The standard InChI is InChI=1S/C30H29BrN4O4/c1-18-16-22(31)10-13-24(18)25-17-32-28(33-25)27(19(2)20-6-4-3-5-7-20)35-29(37)26(34-30(35)38)21-8-11-23(12-9-21)39-15-14-36/h3-13,16-17,19,26-27,36H,14-15H2,1-2H3,(H,32,33)(H,34,38)/t19-,26+,27-/m0/s1. The number of amides is 3. The lowest BCUT2D eigenvalue weighted by atomic mass is 9.91. The molecule has 8 nitrogen and oxygen atoms in total. The van der Waals surface area contributed by atoms with Crippen molar-refractivity contribution >= 4 is 27.9 Å². The summed E-state index contributed by atoms with van der Waals surface area (Å²) >= 11 is 3.51. The Bertz CT molecular complexity index is 1470. The molecule has 3 atom stereocenters. The number of aliphatic hydroxyl groups excluding tert-OH is 1. The van der Waals surface area contributed by atoms with Crippen LogP contribution >= 0.6 is 15.9 Å². The fourth-order valence-electron chi connectivity index (χ4n) is 4.98. The van der Waals surface area contributed by atoms with E-state index in [1.165, 1.54) is 4.90 Å². The summed E-state index contributed by atoms with van der Waals surface area (Å²) in [5.41, 5.74) is 4.48. The van der Waals surface area contributed by atoms with Gasteiger partial charge in [-0.05, 0) is 47.9 Å². The second-order valence-electron chi connectivity index (χ2n) is 9.52. The van der Waals surface area contributed by atoms with Crippen LogP contribution < -0.4 is 10.1 Å². The van der Waals surface area contributed by atoms with E-state index in [4.69, 9.17) is 9.84 Å². The summed E-state index contributed by atoms with van der Waals surface area (Å²) < 4.78 is 6.41. The number of imide groups is 1. The van der Waals surface area contributed by atoms with Gasteiger partial charge in [0, 0.05) is 16.0 Å². The molecule has 0 radical (unpaired) electrons. The first kappa shape index (κ1) is 26.6. The van der Waals surface area contributed by atoms with E-state index in [0.717, 1.165) is 26.9 Å². The number of nitrogens with one attached hydrogen (secondary N) is 2. The van der Waals surface area contributed by atoms with Crippen LogP contribution in [0.3, 0.4) is 0 Å². The molecule has 5 rings (SSSR count). The third kappa shape index (κ3) is 5.46. The normalized spacial score (nSPS) is 16.7. The average molecular weight is 589 g/mol. The summed E-state index contributed by atoms with van der Waals surface area (Å²) in [6.07, 6.45) is 1.75. The Balaban J connectivity index is 1.50. The molecule has 2 heterocycles. The number of imidazole rings is 1. The number of aromatic nitrogens is 2. The van der Waals surface area contributed by atoms with Gasteiger partial charge in [0.05, 0.1) is 18.5 Å². The van der Waals surface area contributed by atoms with Crippen molar-refractivity contribution in [3.05, 3.63) is 106 Å². The molecule has 0 aliphatic carbocycles. The van der Waals surface area contributed by atoms with Crippen molar-refractivity contribution in [2.24, 2.45) is 0 Å². The Morgan fingerprint density at radius 1 is 1.08 bits per heavy atom. The highest BCUT2D eigenvalue weighted by Gasteiger charge is 2.46. The molecule has 3 N–H and O–H groups in total. The number of carbonyl (C=O) groups is 2. The number of carbonyl (C=O) groups excluding carboxylic acids is 2. The number of hydrogen-bond acceptors (Lipinski definition) is 5. The Hall–Kier alpha value is -3.95. The second kappa shape index (κ2) is 11.4. The highest BCUT2D eigenvalue weighted by atomic mass is 79.9. The summed E-state index contributed by atoms with van der Waals surface area (Å²) in [7, 11) is 0. The van der Waals surface area contributed by atoms with Crippen LogP contribution in [0.1, 0.15) is 47.4 Å². The molecular formula is C30H29BrN4O4. The Kier molecular flexibility index (Phi) is 7.81. The van der Waals surface area contributed by atoms with Gasteiger partial charge in [-0.1, -0.05) is 71.4 Å². The summed E-state index contributed by atoms with van der Waals surface area (Å²) in [5.74, 6) is 0.512. The van der Waals surface area contributed by atoms with Crippen LogP contribution in [0, 0.1) is 6.92 Å². The van der Waals surface area contributed by atoms with E-state index < -0.39 is 18.1 Å². The lowest BCUT2D eigenvalue weighted by Gasteiger charge is -2.29. The molecule has 1 aliphatic heterocycles. The molecule has 1 fully saturated rings. The van der Waals surface area contributed by atoms with Gasteiger partial charge < -0.3 is 20.1 Å². The van der Waals surface area contributed by atoms with E-state index in [0.29, 0.717) is 17.1 Å². The van der Waals surface area contributed by atoms with E-state index in [-0.39, 0.29) is 25.0 Å². The van der Waals surface area contributed by atoms with Crippen molar-refractivity contribution in [1.29, 1.82) is 0 Å². The second-order valence-corrected chi connectivity index (χ2v) is 10.4. The average Bonchev–Trinajstić information content (AvgIpc) is 3.53. The number of aryl methyl sites for hydroxylation is 1. The molecule has 0 saturated carbocycles. The number of hydrogen-bond donors (Lipinski definition) is 3. The number of aromatic amines is 1. The van der Waals surface area contributed by atoms with Gasteiger partial charge in [-0.2, -0.15) is 0 Å². The first-order valence-corrected chi connectivity index (χ1v) is 13.5. The number of ether oxygens (including phenoxy) is 1. The number of halogens is 1. The van der Waals surface area contributed by atoms with Gasteiger partial charge in [0.2, 0.25) is 0 Å². The molecule has 39 heavy (non-hydrogen) atoms. The highest BCUT2D eigenvalue weighted by molar-refractivity contribution is 9.10. The summed E-state index contributed by atoms with van der Waals surface area (Å²) in [5, 5.41) is 11.8. The summed E-state index contributed by atoms with van der Waals surface area (Å²) in [6, 6.07) is 20.7. The van der Waals surface area contributed by atoms with Crippen LogP contribution in [0.5, 0.6) is 5.75 Å². The molecular weight excluding hydrogens is 560 g/mol. The number of nitrogens with zero attached hydrogens (tertiary/aromatic N) is 2. The number of H-pyrrole nitrogens is 1. The van der Waals surface area contributed by atoms with Crippen LogP contribution in [-0.2, 0) is 4.79 Å². The predicted octanol–water partition coefficient (Wildman–Crippen LogP) is 5.66. The van der Waals surface area contributed by atoms with Gasteiger partial charge in [-0.15, -0.1) is 0 Å². The van der Waals surface area contributed by atoms with Gasteiger partial charge >= 0.3 is 6.03 Å². The highest BCUT2D eigenvalue weighted by Crippen LogP contribution is 2.39. The maximum Gasteiger partial charge on any atom is 0.325 e. The van der Waals surface area contributed by atoms with Crippen LogP contribution in [0.4, 0.5) is 4.79 Å². The molecule has 4 aromatic rings. The minimum absolute atomic E-state index is 0.0925. The lowest BCUT2D eigenvalue weighted by molar-refractivity contribution is -0.129. The molecule has 0 spiro atoms. The smallest absolute Gasteiger partial charge is 0.325 e. The predicted molar refractivity (Wildman–Crippen MR) is 151 cm³/mol. The molecule has 0 bridgehead atoms. The van der Waals surface area contributed by atoms with Crippen molar-refractivity contribution in [2.45, 2.75) is 31.8 Å². The van der Waals surface area contributed by atoms with Crippen molar-refractivity contribution in [2.75, 3.05) is 13.2 Å². The number of rotatable bonds is 9.